The van der Waals surface area contributed by atoms with Gasteiger partial charge in [0, 0.05) is 0 Å². The van der Waals surface area contributed by atoms with Gasteiger partial charge in [0.25, 0.3) is 0 Å². The van der Waals surface area contributed by atoms with Crippen LogP contribution in [0.15, 0.2) is 52.0 Å². The number of methoxy groups -OCH3 is 1. The topological polar surface area (TPSA) is 43.3 Å². The first-order chi connectivity index (χ1) is 12.3. The number of halogens is 1. The van der Waals surface area contributed by atoms with Gasteiger partial charge in [-0.15, -0.1) is 0 Å². The van der Waals surface area contributed by atoms with E-state index < -0.39 is 0 Å². The summed E-state index contributed by atoms with van der Waals surface area (Å²) < 4.78 is 17.6. The van der Waals surface area contributed by atoms with Crippen molar-refractivity contribution in [1.82, 2.24) is 5.01 Å². The van der Waals surface area contributed by atoms with Crippen molar-refractivity contribution in [3.05, 3.63) is 58.1 Å². The monoisotopic (exact) mass is 404 g/mol. The van der Waals surface area contributed by atoms with Crippen LogP contribution in [0.1, 0.15) is 11.1 Å². The molecule has 0 amide bonds. The van der Waals surface area contributed by atoms with Crippen LogP contribution in [-0.4, -0.2) is 44.6 Å². The molecule has 0 saturated carbocycles. The molecule has 0 unspecified atom stereocenters. The Hall–Kier alpha value is -2.05. The summed E-state index contributed by atoms with van der Waals surface area (Å²) in [6.07, 6.45) is 1.83. The van der Waals surface area contributed by atoms with Crippen molar-refractivity contribution in [3.8, 4) is 11.5 Å². The lowest BCUT2D eigenvalue weighted by Gasteiger charge is -2.23. The van der Waals surface area contributed by atoms with Gasteiger partial charge in [-0.25, -0.2) is 0 Å². The molecule has 6 heteroatoms. The fourth-order valence-corrected chi connectivity index (χ4v) is 3.08. The predicted octanol–water partition coefficient (Wildman–Crippen LogP) is 3.70. The van der Waals surface area contributed by atoms with Crippen molar-refractivity contribution >= 4 is 22.1 Å². The fraction of sp³-hybridized carbons (Fsp3) is 0.316. The summed E-state index contributed by atoms with van der Waals surface area (Å²) in [5.74, 6) is 1.36. The highest BCUT2D eigenvalue weighted by Gasteiger charge is 2.12. The molecule has 0 aliphatic carbocycles. The van der Waals surface area contributed by atoms with E-state index in [0.29, 0.717) is 18.1 Å². The van der Waals surface area contributed by atoms with Gasteiger partial charge in [-0.2, -0.15) is 5.10 Å². The summed E-state index contributed by atoms with van der Waals surface area (Å²) in [6, 6.07) is 13.9. The van der Waals surface area contributed by atoms with Crippen molar-refractivity contribution in [2.45, 2.75) is 6.61 Å². The minimum Gasteiger partial charge on any atom is -0.493 e. The Balaban J connectivity index is 1.72. The molecule has 0 atom stereocenters. The SMILES string of the molecule is COc1cc(/C=N/N2CCOCC2)cc(Br)c1OCc1ccccc1. The normalized spacial score (nSPS) is 14.7. The smallest absolute Gasteiger partial charge is 0.175 e. The lowest BCUT2D eigenvalue weighted by Crippen LogP contribution is -2.32. The molecule has 2 aromatic rings. The maximum Gasteiger partial charge on any atom is 0.175 e. The van der Waals surface area contributed by atoms with Gasteiger partial charge in [0.15, 0.2) is 11.5 Å². The molecule has 1 heterocycles. The van der Waals surface area contributed by atoms with E-state index in [9.17, 15) is 0 Å². The van der Waals surface area contributed by atoms with Gasteiger partial charge in [0.05, 0.1) is 44.1 Å². The number of ether oxygens (including phenoxy) is 3. The van der Waals surface area contributed by atoms with E-state index in [-0.39, 0.29) is 0 Å². The van der Waals surface area contributed by atoms with Gasteiger partial charge in [-0.1, -0.05) is 30.3 Å². The molecule has 1 aliphatic heterocycles. The molecule has 0 bridgehead atoms. The molecule has 0 spiro atoms. The quantitative estimate of drug-likeness (QED) is 0.688. The van der Waals surface area contributed by atoms with E-state index in [0.717, 1.165) is 41.9 Å². The van der Waals surface area contributed by atoms with Crippen LogP contribution in [0.3, 0.4) is 0 Å². The van der Waals surface area contributed by atoms with E-state index in [2.05, 4.69) is 21.0 Å². The molecule has 0 aromatic heterocycles. The molecule has 0 N–H and O–H groups in total. The number of hydrogen-bond acceptors (Lipinski definition) is 5. The van der Waals surface area contributed by atoms with Crippen LogP contribution in [0.25, 0.3) is 0 Å². The third-order valence-electron chi connectivity index (χ3n) is 3.84. The zero-order valence-corrected chi connectivity index (χ0v) is 15.7. The van der Waals surface area contributed by atoms with Crippen molar-refractivity contribution in [3.63, 3.8) is 0 Å². The molecule has 1 saturated heterocycles. The fourth-order valence-electron chi connectivity index (χ4n) is 2.50. The highest BCUT2D eigenvalue weighted by molar-refractivity contribution is 9.10. The average Bonchev–Trinajstić information content (AvgIpc) is 2.66. The van der Waals surface area contributed by atoms with Crippen LogP contribution in [0.2, 0.25) is 0 Å². The predicted molar refractivity (Wildman–Crippen MR) is 101 cm³/mol. The lowest BCUT2D eigenvalue weighted by molar-refractivity contribution is 0.0397. The summed E-state index contributed by atoms with van der Waals surface area (Å²) in [6.45, 7) is 3.55. The number of hydrogen-bond donors (Lipinski definition) is 0. The Morgan fingerprint density at radius 3 is 2.68 bits per heavy atom. The first kappa shape index (κ1) is 17.8. The molecule has 132 valence electrons. The zero-order valence-electron chi connectivity index (χ0n) is 14.2. The number of benzene rings is 2. The first-order valence-electron chi connectivity index (χ1n) is 8.17. The molecule has 2 aromatic carbocycles. The summed E-state index contributed by atoms with van der Waals surface area (Å²) in [5.41, 5.74) is 2.05. The second-order valence-electron chi connectivity index (χ2n) is 5.62. The first-order valence-corrected chi connectivity index (χ1v) is 8.96. The van der Waals surface area contributed by atoms with E-state index in [1.807, 2.05) is 53.7 Å². The largest absolute Gasteiger partial charge is 0.493 e. The van der Waals surface area contributed by atoms with Crippen molar-refractivity contribution in [2.24, 2.45) is 5.10 Å². The number of rotatable bonds is 6. The molecular weight excluding hydrogens is 384 g/mol. The number of morpholine rings is 1. The van der Waals surface area contributed by atoms with Crippen molar-refractivity contribution in [1.29, 1.82) is 0 Å². The molecule has 5 nitrogen and oxygen atoms in total. The number of nitrogens with zero attached hydrogens (tertiary/aromatic N) is 2. The van der Waals surface area contributed by atoms with Gasteiger partial charge in [-0.3, -0.25) is 5.01 Å². The van der Waals surface area contributed by atoms with E-state index in [1.54, 1.807) is 7.11 Å². The molecule has 1 fully saturated rings. The maximum atomic E-state index is 5.95. The molecule has 3 rings (SSSR count). The van der Waals surface area contributed by atoms with Crippen LogP contribution < -0.4 is 9.47 Å². The Morgan fingerprint density at radius 2 is 1.96 bits per heavy atom. The average molecular weight is 405 g/mol. The Morgan fingerprint density at radius 1 is 1.20 bits per heavy atom. The standard InChI is InChI=1S/C19H21BrN2O3/c1-23-18-12-16(13-21-22-7-9-24-10-8-22)11-17(20)19(18)25-14-15-5-3-2-4-6-15/h2-6,11-13H,7-10,14H2,1H3/b21-13+. The summed E-state index contributed by atoms with van der Waals surface area (Å²) >= 11 is 3.58. The molecule has 0 radical (unpaired) electrons. The summed E-state index contributed by atoms with van der Waals surface area (Å²) in [5, 5.41) is 6.51. The highest BCUT2D eigenvalue weighted by Crippen LogP contribution is 2.36. The van der Waals surface area contributed by atoms with Crippen LogP contribution in [0.5, 0.6) is 11.5 Å². The van der Waals surface area contributed by atoms with Gasteiger partial charge < -0.3 is 14.2 Å². The molecule has 1 aliphatic rings. The van der Waals surface area contributed by atoms with Gasteiger partial charge in [0.2, 0.25) is 0 Å². The molecular formula is C19H21BrN2O3. The Bertz CT molecular complexity index is 716. The molecule has 25 heavy (non-hydrogen) atoms. The highest BCUT2D eigenvalue weighted by atomic mass is 79.9. The van der Waals surface area contributed by atoms with Gasteiger partial charge in [-0.05, 0) is 39.2 Å². The maximum absolute atomic E-state index is 5.95. The Kier molecular flexibility index (Phi) is 6.30. The van der Waals surface area contributed by atoms with E-state index >= 15 is 0 Å². The number of hydrazone groups is 1. The third kappa shape index (κ3) is 4.96. The zero-order chi connectivity index (χ0) is 17.5. The van der Waals surface area contributed by atoms with Crippen LogP contribution in [0, 0.1) is 0 Å². The summed E-state index contributed by atoms with van der Waals surface area (Å²) in [4.78, 5) is 0. The third-order valence-corrected chi connectivity index (χ3v) is 4.42. The second kappa shape index (κ2) is 8.87. The van der Waals surface area contributed by atoms with Crippen molar-refractivity contribution in [2.75, 3.05) is 33.4 Å². The minimum absolute atomic E-state index is 0.483. The summed E-state index contributed by atoms with van der Waals surface area (Å²) in [7, 11) is 1.64. The van der Waals surface area contributed by atoms with Crippen LogP contribution in [-0.2, 0) is 11.3 Å². The second-order valence-corrected chi connectivity index (χ2v) is 6.47. The van der Waals surface area contributed by atoms with E-state index in [4.69, 9.17) is 14.2 Å². The van der Waals surface area contributed by atoms with Crippen LogP contribution >= 0.6 is 15.9 Å². The minimum atomic E-state index is 0.483. The van der Waals surface area contributed by atoms with Gasteiger partial charge >= 0.3 is 0 Å². The van der Waals surface area contributed by atoms with Gasteiger partial charge in [0.1, 0.15) is 6.61 Å². The van der Waals surface area contributed by atoms with Crippen molar-refractivity contribution < 1.29 is 14.2 Å². The lowest BCUT2D eigenvalue weighted by atomic mass is 10.2. The Labute approximate surface area is 156 Å². The van der Waals surface area contributed by atoms with Crippen LogP contribution in [0.4, 0.5) is 0 Å². The van der Waals surface area contributed by atoms with E-state index in [1.165, 1.54) is 0 Å².